The largest absolute Gasteiger partial charge is 0.456 e. The molecule has 0 spiro atoms. The van der Waals surface area contributed by atoms with Crippen molar-refractivity contribution in [2.75, 3.05) is 0 Å². The fraction of sp³-hybridized carbons (Fsp3) is 0. The van der Waals surface area contributed by atoms with Gasteiger partial charge >= 0.3 is 5.63 Å². The normalized spacial score (nSPS) is 11.9. The van der Waals surface area contributed by atoms with Gasteiger partial charge in [-0.2, -0.15) is 0 Å². The molecule has 0 fully saturated rings. The lowest BCUT2D eigenvalue weighted by Crippen LogP contribution is -2.00. The number of rotatable bonds is 3. The maximum Gasteiger partial charge on any atom is 0.344 e. The van der Waals surface area contributed by atoms with Crippen molar-refractivity contribution in [3.05, 3.63) is 162 Å². The van der Waals surface area contributed by atoms with Gasteiger partial charge < -0.3 is 13.4 Å². The van der Waals surface area contributed by atoms with E-state index in [9.17, 15) is 4.79 Å². The molecule has 4 nitrogen and oxygen atoms in total. The van der Waals surface area contributed by atoms with Crippen molar-refractivity contribution >= 4 is 65.5 Å². The van der Waals surface area contributed by atoms with Crippen molar-refractivity contribution in [1.29, 1.82) is 0 Å². The van der Waals surface area contributed by atoms with Crippen molar-refractivity contribution in [2.24, 2.45) is 0 Å². The molecular formula is C43H25NO3. The predicted molar refractivity (Wildman–Crippen MR) is 192 cm³/mol. The summed E-state index contributed by atoms with van der Waals surface area (Å²) in [5.74, 6) is 0. The highest BCUT2D eigenvalue weighted by molar-refractivity contribution is 6.15. The Morgan fingerprint density at radius 3 is 1.96 bits per heavy atom. The standard InChI is InChI=1S/C43H25NO3/c45-43-35-25-28(17-20-31(35)33-12-5-7-15-39(33)47-43)30-13-8-16-41-42(30)36-24-27(19-22-40(36)46-41)26-18-21-38-34(23-26)32-11-4-6-14-37(32)44(38)29-9-2-1-3-10-29/h1-25H. The Hall–Kier alpha value is -6.39. The topological polar surface area (TPSA) is 48.3 Å². The van der Waals surface area contributed by atoms with Crippen LogP contribution < -0.4 is 5.63 Å². The third-order valence-corrected chi connectivity index (χ3v) is 9.45. The van der Waals surface area contributed by atoms with E-state index < -0.39 is 0 Å². The van der Waals surface area contributed by atoms with Crippen LogP contribution in [0.5, 0.6) is 0 Å². The van der Waals surface area contributed by atoms with E-state index in [4.69, 9.17) is 8.83 Å². The van der Waals surface area contributed by atoms with Crippen LogP contribution in [0.15, 0.2) is 165 Å². The first-order valence-corrected chi connectivity index (χ1v) is 15.7. The Labute approximate surface area is 268 Å². The molecule has 7 aromatic carbocycles. The van der Waals surface area contributed by atoms with Crippen molar-refractivity contribution in [3.8, 4) is 27.9 Å². The van der Waals surface area contributed by atoms with Gasteiger partial charge in [0.25, 0.3) is 0 Å². The summed E-state index contributed by atoms with van der Waals surface area (Å²) >= 11 is 0. The highest BCUT2D eigenvalue weighted by Gasteiger charge is 2.17. The lowest BCUT2D eigenvalue weighted by molar-refractivity contribution is 0.569. The third-order valence-electron chi connectivity index (χ3n) is 9.45. The summed E-state index contributed by atoms with van der Waals surface area (Å²) in [5.41, 5.74) is 9.58. The van der Waals surface area contributed by atoms with Crippen LogP contribution in [0.3, 0.4) is 0 Å². The molecule has 10 rings (SSSR count). The molecule has 3 aromatic heterocycles. The van der Waals surface area contributed by atoms with E-state index in [0.29, 0.717) is 11.0 Å². The molecule has 4 heteroatoms. The van der Waals surface area contributed by atoms with E-state index in [1.807, 2.05) is 48.5 Å². The van der Waals surface area contributed by atoms with Crippen molar-refractivity contribution in [2.45, 2.75) is 0 Å². The quantitative estimate of drug-likeness (QED) is 0.149. The van der Waals surface area contributed by atoms with E-state index in [0.717, 1.165) is 60.7 Å². The van der Waals surface area contributed by atoms with Gasteiger partial charge in [0.15, 0.2) is 0 Å². The molecule has 0 unspecified atom stereocenters. The van der Waals surface area contributed by atoms with Gasteiger partial charge in [0, 0.05) is 32.6 Å². The summed E-state index contributed by atoms with van der Waals surface area (Å²) in [6, 6.07) is 52.1. The van der Waals surface area contributed by atoms with E-state index >= 15 is 0 Å². The molecule has 0 aliphatic rings. The van der Waals surface area contributed by atoms with Gasteiger partial charge in [0.05, 0.1) is 16.4 Å². The van der Waals surface area contributed by atoms with E-state index in [2.05, 4.69) is 108 Å². The summed E-state index contributed by atoms with van der Waals surface area (Å²) in [7, 11) is 0. The lowest BCUT2D eigenvalue weighted by Gasteiger charge is -2.09. The second-order valence-electron chi connectivity index (χ2n) is 12.1. The second-order valence-corrected chi connectivity index (χ2v) is 12.1. The van der Waals surface area contributed by atoms with Crippen LogP contribution >= 0.6 is 0 Å². The average Bonchev–Trinajstić information content (AvgIpc) is 3.67. The number of aromatic nitrogens is 1. The van der Waals surface area contributed by atoms with Crippen molar-refractivity contribution in [1.82, 2.24) is 4.57 Å². The predicted octanol–water partition coefficient (Wildman–Crippen LogP) is 11.3. The molecule has 0 saturated carbocycles. The number of furan rings is 1. The monoisotopic (exact) mass is 603 g/mol. The molecule has 0 bridgehead atoms. The Morgan fingerprint density at radius 2 is 1.06 bits per heavy atom. The van der Waals surface area contributed by atoms with Crippen LogP contribution in [0.1, 0.15) is 0 Å². The van der Waals surface area contributed by atoms with Crippen LogP contribution in [0, 0.1) is 0 Å². The molecule has 220 valence electrons. The smallest absolute Gasteiger partial charge is 0.344 e. The Morgan fingerprint density at radius 1 is 0.404 bits per heavy atom. The average molecular weight is 604 g/mol. The SMILES string of the molecule is O=c1oc2ccccc2c2ccc(-c3cccc4oc5ccc(-c6ccc7c(c6)c6ccccc6n7-c6ccccc6)cc5c34)cc12. The first kappa shape index (κ1) is 25.9. The first-order chi connectivity index (χ1) is 23.2. The third kappa shape index (κ3) is 3.85. The summed E-state index contributed by atoms with van der Waals surface area (Å²) < 4.78 is 14.4. The van der Waals surface area contributed by atoms with Gasteiger partial charge in [-0.1, -0.05) is 91.0 Å². The summed E-state index contributed by atoms with van der Waals surface area (Å²) in [5, 5.41) is 6.86. The first-order valence-electron chi connectivity index (χ1n) is 15.7. The number of nitrogens with zero attached hydrogens (tertiary/aromatic N) is 1. The molecule has 0 atom stereocenters. The number of hydrogen-bond donors (Lipinski definition) is 0. The van der Waals surface area contributed by atoms with E-state index in [1.165, 1.54) is 21.8 Å². The second kappa shape index (κ2) is 9.80. The van der Waals surface area contributed by atoms with Gasteiger partial charge in [0.1, 0.15) is 16.7 Å². The minimum absolute atomic E-state index is 0.337. The maximum atomic E-state index is 13.1. The van der Waals surface area contributed by atoms with Gasteiger partial charge in [-0.3, -0.25) is 0 Å². The molecule has 0 aliphatic heterocycles. The molecule has 0 radical (unpaired) electrons. The van der Waals surface area contributed by atoms with Crippen LogP contribution in [-0.4, -0.2) is 4.57 Å². The fourth-order valence-corrected chi connectivity index (χ4v) is 7.30. The Bertz CT molecular complexity index is 2930. The van der Waals surface area contributed by atoms with Gasteiger partial charge in [-0.15, -0.1) is 0 Å². The Balaban J connectivity index is 1.16. The maximum absolute atomic E-state index is 13.1. The van der Waals surface area contributed by atoms with Gasteiger partial charge in [-0.05, 0) is 88.3 Å². The Kier molecular flexibility index (Phi) is 5.40. The summed E-state index contributed by atoms with van der Waals surface area (Å²) in [6.45, 7) is 0. The van der Waals surface area contributed by atoms with Gasteiger partial charge in [-0.25, -0.2) is 4.79 Å². The van der Waals surface area contributed by atoms with E-state index in [1.54, 1.807) is 0 Å². The van der Waals surface area contributed by atoms with E-state index in [-0.39, 0.29) is 5.63 Å². The van der Waals surface area contributed by atoms with Crippen LogP contribution in [-0.2, 0) is 0 Å². The molecule has 10 aromatic rings. The lowest BCUT2D eigenvalue weighted by atomic mass is 9.95. The van der Waals surface area contributed by atoms with Crippen molar-refractivity contribution < 1.29 is 8.83 Å². The zero-order chi connectivity index (χ0) is 31.1. The summed E-state index contributed by atoms with van der Waals surface area (Å²) in [4.78, 5) is 13.1. The molecule has 0 aliphatic carbocycles. The number of hydrogen-bond acceptors (Lipinski definition) is 3. The van der Waals surface area contributed by atoms with Crippen LogP contribution in [0.25, 0.3) is 93.4 Å². The highest BCUT2D eigenvalue weighted by Crippen LogP contribution is 2.40. The molecule has 3 heterocycles. The number of fused-ring (bicyclic) bond motifs is 9. The minimum atomic E-state index is -0.337. The number of benzene rings is 7. The van der Waals surface area contributed by atoms with Crippen LogP contribution in [0.4, 0.5) is 0 Å². The van der Waals surface area contributed by atoms with Crippen LogP contribution in [0.2, 0.25) is 0 Å². The highest BCUT2D eigenvalue weighted by atomic mass is 16.4. The van der Waals surface area contributed by atoms with Gasteiger partial charge in [0.2, 0.25) is 0 Å². The summed E-state index contributed by atoms with van der Waals surface area (Å²) in [6.07, 6.45) is 0. The number of para-hydroxylation sites is 3. The molecule has 47 heavy (non-hydrogen) atoms. The zero-order valence-corrected chi connectivity index (χ0v) is 25.1. The minimum Gasteiger partial charge on any atom is -0.456 e. The van der Waals surface area contributed by atoms with Crippen molar-refractivity contribution in [3.63, 3.8) is 0 Å². The molecular weight excluding hydrogens is 578 g/mol. The fourth-order valence-electron chi connectivity index (χ4n) is 7.30. The molecule has 0 amide bonds. The molecule has 0 N–H and O–H groups in total. The zero-order valence-electron chi connectivity index (χ0n) is 25.1. The molecule has 0 saturated heterocycles.